The normalized spacial score (nSPS) is 11.9. The van der Waals surface area contributed by atoms with Crippen LogP contribution in [0, 0.1) is 0 Å². The molecule has 0 saturated carbocycles. The number of halogens is 1. The molecule has 0 spiro atoms. The van der Waals surface area contributed by atoms with Crippen molar-refractivity contribution in [1.29, 1.82) is 0 Å². The second-order valence-corrected chi connectivity index (χ2v) is 5.79. The van der Waals surface area contributed by atoms with Crippen LogP contribution in [-0.2, 0) is 0 Å². The largest absolute Gasteiger partial charge is 0.470 e. The molecular weight excluding hydrogens is 324 g/mol. The van der Waals surface area contributed by atoms with Crippen LogP contribution in [0.5, 0.6) is 5.75 Å². The quantitative estimate of drug-likeness (QED) is 0.608. The number of ether oxygens (including phenoxy) is 1. The van der Waals surface area contributed by atoms with Crippen LogP contribution < -0.4 is 4.74 Å². The zero-order valence-electron chi connectivity index (χ0n) is 13.2. The Balaban J connectivity index is 1.73. The third kappa shape index (κ3) is 3.66. The molecule has 0 aliphatic carbocycles. The van der Waals surface area contributed by atoms with Crippen molar-refractivity contribution in [2.24, 2.45) is 0 Å². The fourth-order valence-electron chi connectivity index (χ4n) is 2.40. The van der Waals surface area contributed by atoms with Gasteiger partial charge in [-0.05, 0) is 48.5 Å². The molecule has 0 aliphatic rings. The molecule has 1 unspecified atom stereocenters. The van der Waals surface area contributed by atoms with E-state index in [0.29, 0.717) is 21.9 Å². The molecule has 0 aliphatic heterocycles. The number of aromatic nitrogens is 2. The highest BCUT2D eigenvalue weighted by Gasteiger charge is 2.12. The number of nitrogens with zero attached hydrogens (tertiary/aromatic N) is 2. The minimum absolute atomic E-state index is 0.0418. The molecule has 122 valence electrons. The molecule has 0 saturated heterocycles. The van der Waals surface area contributed by atoms with Gasteiger partial charge in [0.1, 0.15) is 5.75 Å². The van der Waals surface area contributed by atoms with E-state index in [4.69, 9.17) is 16.3 Å². The van der Waals surface area contributed by atoms with E-state index in [-0.39, 0.29) is 12.0 Å². The average Bonchev–Trinajstić information content (AvgIpc) is 3.15. The van der Waals surface area contributed by atoms with Gasteiger partial charge in [0.15, 0.2) is 12.0 Å². The first kappa shape index (κ1) is 16.3. The number of hydrogen-bond acceptors (Lipinski definition) is 3. The maximum atomic E-state index is 12.4. The predicted octanol–water partition coefficient (Wildman–Crippen LogP) is 4.76. The van der Waals surface area contributed by atoms with Gasteiger partial charge >= 0.3 is 0 Å². The number of imidazole rings is 1. The van der Waals surface area contributed by atoms with E-state index in [1.54, 1.807) is 48.9 Å². The summed E-state index contributed by atoms with van der Waals surface area (Å²) in [7, 11) is 0. The fraction of sp³-hybridized carbons (Fsp3) is 0.158. The van der Waals surface area contributed by atoms with E-state index in [2.05, 4.69) is 4.98 Å². The summed E-state index contributed by atoms with van der Waals surface area (Å²) in [5.41, 5.74) is 1.22. The smallest absolute Gasteiger partial charge is 0.193 e. The zero-order chi connectivity index (χ0) is 16.9. The van der Waals surface area contributed by atoms with E-state index in [1.165, 1.54) is 0 Å². The lowest BCUT2D eigenvalue weighted by molar-refractivity contribution is 0.103. The highest BCUT2D eigenvalue weighted by molar-refractivity contribution is 6.30. The van der Waals surface area contributed by atoms with Gasteiger partial charge in [-0.1, -0.05) is 18.5 Å². The third-order valence-electron chi connectivity index (χ3n) is 3.70. The van der Waals surface area contributed by atoms with Crippen molar-refractivity contribution in [3.8, 4) is 5.75 Å². The van der Waals surface area contributed by atoms with Crippen molar-refractivity contribution in [2.75, 3.05) is 0 Å². The lowest BCUT2D eigenvalue weighted by Gasteiger charge is -2.18. The number of rotatable bonds is 6. The molecule has 2 aromatic carbocycles. The highest BCUT2D eigenvalue weighted by Crippen LogP contribution is 2.21. The molecule has 24 heavy (non-hydrogen) atoms. The minimum Gasteiger partial charge on any atom is -0.470 e. The summed E-state index contributed by atoms with van der Waals surface area (Å²) >= 11 is 5.85. The Morgan fingerprint density at radius 2 is 1.75 bits per heavy atom. The molecular formula is C19H17ClN2O2. The van der Waals surface area contributed by atoms with Crippen LogP contribution in [0.2, 0.25) is 5.02 Å². The maximum absolute atomic E-state index is 12.4. The van der Waals surface area contributed by atoms with Crippen LogP contribution in [0.3, 0.4) is 0 Å². The first-order chi connectivity index (χ1) is 11.7. The maximum Gasteiger partial charge on any atom is 0.193 e. The van der Waals surface area contributed by atoms with Crippen molar-refractivity contribution in [3.63, 3.8) is 0 Å². The van der Waals surface area contributed by atoms with Crippen molar-refractivity contribution in [3.05, 3.63) is 83.4 Å². The molecule has 0 fully saturated rings. The first-order valence-electron chi connectivity index (χ1n) is 7.72. The first-order valence-corrected chi connectivity index (χ1v) is 8.09. The van der Waals surface area contributed by atoms with Crippen molar-refractivity contribution < 1.29 is 9.53 Å². The molecule has 3 rings (SSSR count). The van der Waals surface area contributed by atoms with Crippen molar-refractivity contribution >= 4 is 17.4 Å². The van der Waals surface area contributed by atoms with E-state index in [1.807, 2.05) is 29.8 Å². The fourth-order valence-corrected chi connectivity index (χ4v) is 2.53. The molecule has 1 atom stereocenters. The number of carbonyl (C=O) groups is 1. The Labute approximate surface area is 145 Å². The van der Waals surface area contributed by atoms with E-state index in [0.717, 1.165) is 6.42 Å². The summed E-state index contributed by atoms with van der Waals surface area (Å²) in [5, 5.41) is 0.611. The SMILES string of the molecule is CCC(Oc1ccc(C(=O)c2ccc(Cl)cc2)cc1)n1ccnc1. The molecule has 1 aromatic heterocycles. The van der Waals surface area contributed by atoms with Gasteiger partial charge in [0.2, 0.25) is 0 Å². The topological polar surface area (TPSA) is 44.1 Å². The molecule has 3 aromatic rings. The Kier molecular flexibility index (Phi) is 4.96. The molecule has 0 amide bonds. The van der Waals surface area contributed by atoms with E-state index in [9.17, 15) is 4.79 Å². The van der Waals surface area contributed by atoms with E-state index >= 15 is 0 Å². The lowest BCUT2D eigenvalue weighted by atomic mass is 10.0. The summed E-state index contributed by atoms with van der Waals surface area (Å²) in [6.07, 6.45) is 6.01. The van der Waals surface area contributed by atoms with Crippen LogP contribution in [-0.4, -0.2) is 15.3 Å². The van der Waals surface area contributed by atoms with Crippen molar-refractivity contribution in [1.82, 2.24) is 9.55 Å². The van der Waals surface area contributed by atoms with Crippen LogP contribution in [0.1, 0.15) is 35.5 Å². The van der Waals surface area contributed by atoms with Gasteiger partial charge in [0, 0.05) is 35.0 Å². The molecule has 1 heterocycles. The second kappa shape index (κ2) is 7.32. The molecule has 0 radical (unpaired) electrons. The molecule has 0 bridgehead atoms. The van der Waals surface area contributed by atoms with E-state index < -0.39 is 0 Å². The Morgan fingerprint density at radius 3 is 2.29 bits per heavy atom. The van der Waals surface area contributed by atoms with Crippen molar-refractivity contribution in [2.45, 2.75) is 19.6 Å². The third-order valence-corrected chi connectivity index (χ3v) is 3.95. The average molecular weight is 341 g/mol. The standard InChI is InChI=1S/C19H17ClN2O2/c1-2-18(22-12-11-21-13-22)24-17-9-5-15(6-10-17)19(23)14-3-7-16(20)8-4-14/h3-13,18H,2H2,1H3. The van der Waals surface area contributed by atoms with Gasteiger partial charge < -0.3 is 9.30 Å². The highest BCUT2D eigenvalue weighted by atomic mass is 35.5. The second-order valence-electron chi connectivity index (χ2n) is 5.35. The van der Waals surface area contributed by atoms with Gasteiger partial charge in [-0.25, -0.2) is 4.98 Å². The zero-order valence-corrected chi connectivity index (χ0v) is 14.0. The molecule has 4 nitrogen and oxygen atoms in total. The van der Waals surface area contributed by atoms with Gasteiger partial charge in [-0.15, -0.1) is 0 Å². The van der Waals surface area contributed by atoms with Gasteiger partial charge in [0.05, 0.1) is 6.33 Å². The van der Waals surface area contributed by atoms with Crippen LogP contribution in [0.25, 0.3) is 0 Å². The number of hydrogen-bond donors (Lipinski definition) is 0. The Morgan fingerprint density at radius 1 is 1.12 bits per heavy atom. The number of carbonyl (C=O) groups excluding carboxylic acids is 1. The summed E-state index contributed by atoms with van der Waals surface area (Å²) in [6.45, 7) is 2.04. The monoisotopic (exact) mass is 340 g/mol. The van der Waals surface area contributed by atoms with Gasteiger partial charge in [-0.2, -0.15) is 0 Å². The molecule has 0 N–H and O–H groups in total. The number of benzene rings is 2. The Bertz CT molecular complexity index is 796. The van der Waals surface area contributed by atoms with Gasteiger partial charge in [0.25, 0.3) is 0 Å². The Hall–Kier alpha value is -2.59. The van der Waals surface area contributed by atoms with Crippen LogP contribution in [0.15, 0.2) is 67.3 Å². The summed E-state index contributed by atoms with van der Waals surface area (Å²) < 4.78 is 7.87. The lowest BCUT2D eigenvalue weighted by Crippen LogP contribution is -2.13. The van der Waals surface area contributed by atoms with Crippen LogP contribution >= 0.6 is 11.6 Å². The number of ketones is 1. The minimum atomic E-state index is -0.120. The predicted molar refractivity (Wildman–Crippen MR) is 93.5 cm³/mol. The summed E-state index contributed by atoms with van der Waals surface area (Å²) in [6, 6.07) is 14.0. The molecule has 5 heteroatoms. The van der Waals surface area contributed by atoms with Crippen LogP contribution in [0.4, 0.5) is 0 Å². The van der Waals surface area contributed by atoms with Gasteiger partial charge in [-0.3, -0.25) is 4.79 Å². The summed E-state index contributed by atoms with van der Waals surface area (Å²) in [4.78, 5) is 16.5. The summed E-state index contributed by atoms with van der Waals surface area (Å²) in [5.74, 6) is 0.670.